The molecule has 0 saturated heterocycles. The van der Waals surface area contributed by atoms with Gasteiger partial charge in [0, 0.05) is 0 Å². The maximum absolute atomic E-state index is 12.0. The molecule has 0 aromatic rings. The maximum atomic E-state index is 12.0. The number of ketones is 1. The second-order valence-corrected chi connectivity index (χ2v) is 4.83. The van der Waals surface area contributed by atoms with Crippen LogP contribution in [-0.4, -0.2) is 47.4 Å². The van der Waals surface area contributed by atoms with Crippen LogP contribution in [0.15, 0.2) is 0 Å². The van der Waals surface area contributed by atoms with Crippen LogP contribution in [0.2, 0.25) is 0 Å². The normalized spacial score (nSPS) is 15.5. The Morgan fingerprint density at radius 3 is 1.95 bits per heavy atom. The summed E-state index contributed by atoms with van der Waals surface area (Å²) in [6.07, 6.45) is -1.00. The average molecular weight is 273 g/mol. The molecule has 0 spiro atoms. The summed E-state index contributed by atoms with van der Waals surface area (Å²) in [6, 6.07) is -1.78. The van der Waals surface area contributed by atoms with Gasteiger partial charge in [-0.2, -0.15) is 0 Å². The van der Waals surface area contributed by atoms with Gasteiger partial charge in [0.2, 0.25) is 11.8 Å². The second-order valence-electron chi connectivity index (χ2n) is 4.83. The molecule has 0 radical (unpaired) electrons. The highest BCUT2D eigenvalue weighted by Crippen LogP contribution is 2.04. The minimum atomic E-state index is -1.00. The molecule has 0 aliphatic carbocycles. The summed E-state index contributed by atoms with van der Waals surface area (Å²) in [4.78, 5) is 34.6. The van der Waals surface area contributed by atoms with Gasteiger partial charge in [0.1, 0.15) is 12.1 Å². The van der Waals surface area contributed by atoms with E-state index in [1.165, 1.54) is 13.8 Å². The van der Waals surface area contributed by atoms with Gasteiger partial charge in [-0.05, 0) is 19.8 Å². The Morgan fingerprint density at radius 1 is 1.11 bits per heavy atom. The smallest absolute Gasteiger partial charge is 0.243 e. The van der Waals surface area contributed by atoms with E-state index in [0.29, 0.717) is 0 Å². The first kappa shape index (κ1) is 17.5. The Hall–Kier alpha value is -1.47. The number of carbonyl (C=O) groups is 3. The van der Waals surface area contributed by atoms with Crippen LogP contribution in [0.1, 0.15) is 27.7 Å². The summed E-state index contributed by atoms with van der Waals surface area (Å²) in [5.41, 5.74) is 5.18. The number of aliphatic hydroxyl groups excluding tert-OH is 1. The molecule has 19 heavy (non-hydrogen) atoms. The van der Waals surface area contributed by atoms with E-state index in [1.807, 2.05) is 0 Å². The Labute approximate surface area is 112 Å². The van der Waals surface area contributed by atoms with Crippen molar-refractivity contribution in [2.45, 2.75) is 45.9 Å². The van der Waals surface area contributed by atoms with Crippen LogP contribution in [0.3, 0.4) is 0 Å². The second kappa shape index (κ2) is 7.85. The SMILES string of the molecule is CC(=O)C(NC(=O)C(NC(=O)CN)C(C)C)C(C)O. The van der Waals surface area contributed by atoms with Crippen LogP contribution in [0.25, 0.3) is 0 Å². The molecule has 0 aromatic carbocycles. The van der Waals surface area contributed by atoms with Crippen LogP contribution < -0.4 is 16.4 Å². The van der Waals surface area contributed by atoms with Gasteiger partial charge in [0.05, 0.1) is 12.6 Å². The lowest BCUT2D eigenvalue weighted by Crippen LogP contribution is -2.56. The molecule has 0 aliphatic rings. The Kier molecular flexibility index (Phi) is 7.25. The summed E-state index contributed by atoms with van der Waals surface area (Å²) in [5, 5.41) is 14.3. The maximum Gasteiger partial charge on any atom is 0.243 e. The van der Waals surface area contributed by atoms with Crippen molar-refractivity contribution in [2.75, 3.05) is 6.54 Å². The lowest BCUT2D eigenvalue weighted by atomic mass is 10.0. The molecule has 0 rings (SSSR count). The molecule has 0 bridgehead atoms. The zero-order valence-corrected chi connectivity index (χ0v) is 11.8. The van der Waals surface area contributed by atoms with Crippen LogP contribution in [0.5, 0.6) is 0 Å². The third kappa shape index (κ3) is 5.80. The van der Waals surface area contributed by atoms with Gasteiger partial charge in [-0.25, -0.2) is 0 Å². The molecule has 110 valence electrons. The first-order valence-corrected chi connectivity index (χ1v) is 6.19. The van der Waals surface area contributed by atoms with Crippen molar-refractivity contribution in [3.05, 3.63) is 0 Å². The van der Waals surface area contributed by atoms with Crippen LogP contribution in [-0.2, 0) is 14.4 Å². The zero-order valence-electron chi connectivity index (χ0n) is 11.8. The molecular formula is C12H23N3O4. The number of hydrogen-bond donors (Lipinski definition) is 4. The fraction of sp³-hybridized carbons (Fsp3) is 0.750. The zero-order chi connectivity index (χ0) is 15.2. The minimum absolute atomic E-state index is 0.169. The molecule has 0 aliphatic heterocycles. The number of nitrogens with one attached hydrogen (secondary N) is 2. The van der Waals surface area contributed by atoms with E-state index in [-0.39, 0.29) is 18.2 Å². The fourth-order valence-corrected chi connectivity index (χ4v) is 1.57. The van der Waals surface area contributed by atoms with Gasteiger partial charge in [-0.1, -0.05) is 13.8 Å². The highest BCUT2D eigenvalue weighted by molar-refractivity contribution is 5.92. The van der Waals surface area contributed by atoms with Crippen LogP contribution >= 0.6 is 0 Å². The number of hydrogen-bond acceptors (Lipinski definition) is 5. The van der Waals surface area contributed by atoms with Crippen LogP contribution in [0, 0.1) is 5.92 Å². The van der Waals surface area contributed by atoms with Crippen molar-refractivity contribution in [1.29, 1.82) is 0 Å². The fourth-order valence-electron chi connectivity index (χ4n) is 1.57. The van der Waals surface area contributed by atoms with Crippen molar-refractivity contribution in [3.63, 3.8) is 0 Å². The van der Waals surface area contributed by atoms with Crippen molar-refractivity contribution in [1.82, 2.24) is 10.6 Å². The molecule has 0 aromatic heterocycles. The van der Waals surface area contributed by atoms with E-state index in [4.69, 9.17) is 5.73 Å². The highest BCUT2D eigenvalue weighted by Gasteiger charge is 2.29. The molecular weight excluding hydrogens is 250 g/mol. The molecule has 0 saturated carbocycles. The average Bonchev–Trinajstić information content (AvgIpc) is 2.30. The Balaban J connectivity index is 4.81. The third-order valence-corrected chi connectivity index (χ3v) is 2.67. The summed E-state index contributed by atoms with van der Waals surface area (Å²) in [6.45, 7) is 5.98. The van der Waals surface area contributed by atoms with Crippen molar-refractivity contribution < 1.29 is 19.5 Å². The number of carbonyl (C=O) groups excluding carboxylic acids is 3. The van der Waals surface area contributed by atoms with E-state index in [0.717, 1.165) is 0 Å². The number of rotatable bonds is 7. The van der Waals surface area contributed by atoms with E-state index in [2.05, 4.69) is 10.6 Å². The number of amides is 2. The molecule has 7 heteroatoms. The molecule has 0 heterocycles. The monoisotopic (exact) mass is 273 g/mol. The van der Waals surface area contributed by atoms with Crippen LogP contribution in [0.4, 0.5) is 0 Å². The lowest BCUT2D eigenvalue weighted by molar-refractivity contribution is -0.133. The largest absolute Gasteiger partial charge is 0.391 e. The van der Waals surface area contributed by atoms with E-state index < -0.39 is 30.0 Å². The molecule has 3 atom stereocenters. The molecule has 5 N–H and O–H groups in total. The molecule has 0 fully saturated rings. The Bertz CT molecular complexity index is 342. The van der Waals surface area contributed by atoms with E-state index in [1.54, 1.807) is 13.8 Å². The van der Waals surface area contributed by atoms with Crippen molar-refractivity contribution >= 4 is 17.6 Å². The molecule has 3 unspecified atom stereocenters. The first-order chi connectivity index (χ1) is 8.70. The quantitative estimate of drug-likeness (QED) is 0.451. The van der Waals surface area contributed by atoms with Gasteiger partial charge in [-0.3, -0.25) is 14.4 Å². The van der Waals surface area contributed by atoms with Gasteiger partial charge in [-0.15, -0.1) is 0 Å². The lowest BCUT2D eigenvalue weighted by Gasteiger charge is -2.25. The predicted octanol–water partition coefficient (Wildman–Crippen LogP) is -1.46. The molecule has 2 amide bonds. The summed E-state index contributed by atoms with van der Waals surface area (Å²) in [5.74, 6) is -1.49. The number of Topliss-reactive ketones (excluding diaryl/α,β-unsaturated/α-hetero) is 1. The Morgan fingerprint density at radius 2 is 1.63 bits per heavy atom. The van der Waals surface area contributed by atoms with Gasteiger partial charge in [0.15, 0.2) is 5.78 Å². The first-order valence-electron chi connectivity index (χ1n) is 6.19. The van der Waals surface area contributed by atoms with Crippen molar-refractivity contribution in [3.8, 4) is 0 Å². The molecule has 7 nitrogen and oxygen atoms in total. The predicted molar refractivity (Wildman–Crippen MR) is 70.1 cm³/mol. The minimum Gasteiger partial charge on any atom is -0.391 e. The summed E-state index contributed by atoms with van der Waals surface area (Å²) >= 11 is 0. The summed E-state index contributed by atoms with van der Waals surface area (Å²) in [7, 11) is 0. The van der Waals surface area contributed by atoms with E-state index in [9.17, 15) is 19.5 Å². The van der Waals surface area contributed by atoms with Gasteiger partial charge < -0.3 is 21.5 Å². The number of nitrogens with two attached hydrogens (primary N) is 1. The highest BCUT2D eigenvalue weighted by atomic mass is 16.3. The number of aliphatic hydroxyl groups is 1. The standard InChI is InChI=1S/C12H23N3O4/c1-6(2)10(14-9(18)5-13)12(19)15-11(7(3)16)8(4)17/h6-7,10-11,16H,5,13H2,1-4H3,(H,14,18)(H,15,19). The topological polar surface area (TPSA) is 122 Å². The van der Waals surface area contributed by atoms with Gasteiger partial charge in [0.25, 0.3) is 0 Å². The van der Waals surface area contributed by atoms with Gasteiger partial charge >= 0.3 is 0 Å². The van der Waals surface area contributed by atoms with Crippen molar-refractivity contribution in [2.24, 2.45) is 11.7 Å². The third-order valence-electron chi connectivity index (χ3n) is 2.67. The summed E-state index contributed by atoms with van der Waals surface area (Å²) < 4.78 is 0. The van der Waals surface area contributed by atoms with E-state index >= 15 is 0 Å².